The maximum absolute atomic E-state index is 12.7. The maximum atomic E-state index is 12.7. The zero-order chi connectivity index (χ0) is 26.1. The van der Waals surface area contributed by atoms with Crippen LogP contribution in [0.4, 0.5) is 0 Å². The van der Waals surface area contributed by atoms with E-state index in [2.05, 4.69) is 11.8 Å². The smallest absolute Gasteiger partial charge is 0.343 e. The maximum Gasteiger partial charge on any atom is 0.343 e. The molecule has 7 nitrogen and oxygen atoms in total. The molecule has 0 radical (unpaired) electrons. The van der Waals surface area contributed by atoms with Crippen LogP contribution in [-0.4, -0.2) is 14.2 Å². The Morgan fingerprint density at radius 2 is 1.86 bits per heavy atom. The minimum Gasteiger partial charge on any atom is -0.461 e. The van der Waals surface area contributed by atoms with Crippen LogP contribution in [0.1, 0.15) is 43.9 Å². The average Bonchev–Trinajstić information content (AvgIpc) is 2.80. The molecule has 1 aromatic heterocycles. The fraction of sp³-hybridized carbons (Fsp3) is 0.250. The number of fused-ring (bicyclic) bond motifs is 2. The number of allylic oxidation sites excluding steroid dienone is 6. The van der Waals surface area contributed by atoms with Crippen LogP contribution in [0.3, 0.4) is 0 Å². The van der Waals surface area contributed by atoms with Crippen LogP contribution in [-0.2, 0) is 20.3 Å². The van der Waals surface area contributed by atoms with Crippen LogP contribution in [0, 0.1) is 39.9 Å². The molecule has 0 unspecified atom stereocenters. The number of sulfone groups is 1. The summed E-state index contributed by atoms with van der Waals surface area (Å²) in [5.41, 5.74) is 1.02. The summed E-state index contributed by atoms with van der Waals surface area (Å²) in [7, 11) is -3.29. The highest BCUT2D eigenvalue weighted by Gasteiger charge is 2.24. The molecule has 0 N–H and O–H groups in total. The molecule has 180 valence electrons. The Hall–Kier alpha value is -4.32. The van der Waals surface area contributed by atoms with Crippen molar-refractivity contribution in [3.05, 3.63) is 86.2 Å². The van der Waals surface area contributed by atoms with E-state index in [0.29, 0.717) is 39.2 Å². The number of ether oxygens (including phenoxy) is 1. The summed E-state index contributed by atoms with van der Waals surface area (Å²) < 4.78 is 36.1. The fourth-order valence-electron chi connectivity index (χ4n) is 3.70. The average molecular weight is 499 g/mol. The first kappa shape index (κ1) is 24.8. The lowest BCUT2D eigenvalue weighted by atomic mass is 9.90. The fourth-order valence-corrected chi connectivity index (χ4v) is 4.97. The number of nitriles is 2. The standard InChI is InChI=1S/C28H22N2O5S/c1-28(2,3)26-14-20(23(15-29)16-30)12-24(34-26)8-7-19-10-21-11-22-17-36(32,33)9-5-4-6-18(22)13-25(21)35-27(19)31/h7-8,10-14H,5,9,17H2,1-3H3. The second-order valence-electron chi connectivity index (χ2n) is 9.47. The lowest BCUT2D eigenvalue weighted by Crippen LogP contribution is -2.15. The van der Waals surface area contributed by atoms with Crippen molar-refractivity contribution in [1.29, 1.82) is 10.5 Å². The Morgan fingerprint density at radius 3 is 2.56 bits per heavy atom. The van der Waals surface area contributed by atoms with Crippen LogP contribution < -0.4 is 5.63 Å². The monoisotopic (exact) mass is 498 g/mol. The molecule has 0 atom stereocenters. The first-order valence-electron chi connectivity index (χ1n) is 11.1. The molecule has 3 heterocycles. The first-order valence-corrected chi connectivity index (χ1v) is 13.0. The van der Waals surface area contributed by atoms with Gasteiger partial charge in [-0.3, -0.25) is 0 Å². The van der Waals surface area contributed by atoms with Crippen molar-refractivity contribution in [2.45, 2.75) is 32.9 Å². The van der Waals surface area contributed by atoms with E-state index in [4.69, 9.17) is 9.15 Å². The molecule has 0 fully saturated rings. The molecule has 0 saturated heterocycles. The Kier molecular flexibility index (Phi) is 6.46. The van der Waals surface area contributed by atoms with Gasteiger partial charge in [0, 0.05) is 28.4 Å². The summed E-state index contributed by atoms with van der Waals surface area (Å²) in [6.45, 7) is 5.82. The molecule has 36 heavy (non-hydrogen) atoms. The number of hydrogen-bond donors (Lipinski definition) is 0. The third-order valence-corrected chi connectivity index (χ3v) is 7.19. The number of nitrogens with zero attached hydrogens (tertiary/aromatic N) is 2. The van der Waals surface area contributed by atoms with Gasteiger partial charge in [-0.1, -0.05) is 32.6 Å². The lowest BCUT2D eigenvalue weighted by molar-refractivity contribution is 0.223. The van der Waals surface area contributed by atoms with Crippen molar-refractivity contribution in [1.82, 2.24) is 0 Å². The summed E-state index contributed by atoms with van der Waals surface area (Å²) in [5.74, 6) is 6.60. The van der Waals surface area contributed by atoms with Gasteiger partial charge in [0.2, 0.25) is 0 Å². The van der Waals surface area contributed by atoms with Crippen LogP contribution in [0.25, 0.3) is 17.0 Å². The van der Waals surface area contributed by atoms with Crippen molar-refractivity contribution in [2.24, 2.45) is 5.41 Å². The molecule has 2 aliphatic heterocycles. The van der Waals surface area contributed by atoms with Crippen LogP contribution >= 0.6 is 0 Å². The summed E-state index contributed by atoms with van der Waals surface area (Å²) in [6, 6.07) is 8.68. The van der Waals surface area contributed by atoms with E-state index in [1.54, 1.807) is 36.4 Å². The molecule has 2 aliphatic rings. The number of benzene rings is 1. The molecular weight excluding hydrogens is 476 g/mol. The molecule has 0 saturated carbocycles. The Labute approximate surface area is 209 Å². The minimum absolute atomic E-state index is 0.00516. The third-order valence-electron chi connectivity index (χ3n) is 5.61. The number of hydrogen-bond acceptors (Lipinski definition) is 7. The van der Waals surface area contributed by atoms with Crippen molar-refractivity contribution < 1.29 is 17.6 Å². The van der Waals surface area contributed by atoms with Gasteiger partial charge < -0.3 is 9.15 Å². The van der Waals surface area contributed by atoms with Gasteiger partial charge in [-0.15, -0.1) is 0 Å². The first-order chi connectivity index (χ1) is 17.0. The molecular formula is C28H22N2O5S. The van der Waals surface area contributed by atoms with Gasteiger partial charge in [0.15, 0.2) is 9.84 Å². The van der Waals surface area contributed by atoms with E-state index < -0.39 is 20.9 Å². The summed E-state index contributed by atoms with van der Waals surface area (Å²) in [5, 5.41) is 19.2. The van der Waals surface area contributed by atoms with Gasteiger partial charge in [0.25, 0.3) is 0 Å². The van der Waals surface area contributed by atoms with Crippen LogP contribution in [0.2, 0.25) is 0 Å². The molecule has 0 bridgehead atoms. The second-order valence-corrected chi connectivity index (χ2v) is 11.7. The zero-order valence-corrected chi connectivity index (χ0v) is 20.8. The topological polar surface area (TPSA) is 121 Å². The second kappa shape index (κ2) is 9.38. The molecule has 0 spiro atoms. The van der Waals surface area contributed by atoms with Crippen molar-refractivity contribution in [2.75, 3.05) is 5.75 Å². The third kappa shape index (κ3) is 5.33. The summed E-state index contributed by atoms with van der Waals surface area (Å²) in [6.07, 6.45) is 6.56. The normalized spacial score (nSPS) is 16.8. The number of rotatable bonds is 2. The van der Waals surface area contributed by atoms with E-state index in [1.165, 1.54) is 6.08 Å². The molecule has 8 heteroatoms. The Balaban J connectivity index is 1.76. The van der Waals surface area contributed by atoms with Gasteiger partial charge in [-0.2, -0.15) is 10.5 Å². The predicted octanol–water partition coefficient (Wildman–Crippen LogP) is 4.66. The lowest BCUT2D eigenvalue weighted by Gasteiger charge is -2.26. The van der Waals surface area contributed by atoms with Gasteiger partial charge in [-0.05, 0) is 48.1 Å². The minimum atomic E-state index is -3.29. The quantitative estimate of drug-likeness (QED) is 0.335. The highest BCUT2D eigenvalue weighted by Crippen LogP contribution is 2.34. The summed E-state index contributed by atoms with van der Waals surface area (Å²) >= 11 is 0. The van der Waals surface area contributed by atoms with Gasteiger partial charge >= 0.3 is 5.63 Å². The zero-order valence-electron chi connectivity index (χ0n) is 20.0. The van der Waals surface area contributed by atoms with E-state index in [0.717, 1.165) is 0 Å². The highest BCUT2D eigenvalue weighted by atomic mass is 32.2. The van der Waals surface area contributed by atoms with Gasteiger partial charge in [-0.25, -0.2) is 13.2 Å². The largest absolute Gasteiger partial charge is 0.461 e. The highest BCUT2D eigenvalue weighted by molar-refractivity contribution is 7.90. The van der Waals surface area contributed by atoms with Crippen LogP contribution in [0.15, 0.2) is 68.3 Å². The molecule has 0 amide bonds. The van der Waals surface area contributed by atoms with E-state index in [1.807, 2.05) is 32.9 Å². The van der Waals surface area contributed by atoms with Crippen molar-refractivity contribution >= 4 is 26.9 Å². The SMILES string of the molecule is CC(C)(C)C1=CC(=C(C#N)C#N)C=C(C=Cc2cc3cc4c(cc3oc2=O)C#CCCS(=O)(=O)C4)O1. The molecule has 1 aromatic carbocycles. The Morgan fingerprint density at radius 1 is 1.11 bits per heavy atom. The summed E-state index contributed by atoms with van der Waals surface area (Å²) in [4.78, 5) is 12.7. The predicted molar refractivity (Wildman–Crippen MR) is 135 cm³/mol. The van der Waals surface area contributed by atoms with Gasteiger partial charge in [0.1, 0.15) is 34.8 Å². The molecule has 2 aromatic rings. The molecule has 4 rings (SSSR count). The van der Waals surface area contributed by atoms with Crippen LogP contribution in [0.5, 0.6) is 0 Å². The van der Waals surface area contributed by atoms with Gasteiger partial charge in [0.05, 0.1) is 17.1 Å². The van der Waals surface area contributed by atoms with E-state index >= 15 is 0 Å². The van der Waals surface area contributed by atoms with E-state index in [9.17, 15) is 23.7 Å². The molecule has 0 aliphatic carbocycles. The van der Waals surface area contributed by atoms with Crippen molar-refractivity contribution in [3.63, 3.8) is 0 Å². The Bertz CT molecular complexity index is 1700. The van der Waals surface area contributed by atoms with Crippen molar-refractivity contribution in [3.8, 4) is 24.0 Å². The van der Waals surface area contributed by atoms with E-state index in [-0.39, 0.29) is 29.1 Å².